The minimum Gasteiger partial charge on any atom is -0.314 e. The van der Waals surface area contributed by atoms with Crippen LogP contribution < -0.4 is 5.32 Å². The first-order valence-electron chi connectivity index (χ1n) is 5.85. The summed E-state index contributed by atoms with van der Waals surface area (Å²) < 4.78 is 26.8. The lowest BCUT2D eigenvalue weighted by Gasteiger charge is -2.23. The molecule has 1 nitrogen and oxygen atoms in total. The molecule has 1 fully saturated rings. The molecule has 88 valence electrons. The van der Waals surface area contributed by atoms with Crippen LogP contribution in [0, 0.1) is 18.6 Å². The molecule has 1 N–H and O–H groups in total. The summed E-state index contributed by atoms with van der Waals surface area (Å²) in [7, 11) is 0. The molecule has 1 aliphatic heterocycles. The number of piperidine rings is 1. The van der Waals surface area contributed by atoms with Crippen LogP contribution in [0.5, 0.6) is 0 Å². The summed E-state index contributed by atoms with van der Waals surface area (Å²) in [5, 5.41) is 3.37. The lowest BCUT2D eigenvalue weighted by atomic mass is 9.96. The Kier molecular flexibility index (Phi) is 3.54. The van der Waals surface area contributed by atoms with Crippen molar-refractivity contribution in [2.45, 2.75) is 38.6 Å². The molecule has 1 aromatic carbocycles. The van der Waals surface area contributed by atoms with Gasteiger partial charge in [-0.2, -0.15) is 0 Å². The Morgan fingerprint density at radius 1 is 1.31 bits per heavy atom. The van der Waals surface area contributed by atoms with Crippen LogP contribution in [0.25, 0.3) is 0 Å². The molecular formula is C13H17F2N. The molecule has 1 atom stereocenters. The van der Waals surface area contributed by atoms with E-state index in [1.54, 1.807) is 6.07 Å². The molecule has 0 bridgehead atoms. The molecule has 1 aromatic rings. The van der Waals surface area contributed by atoms with E-state index in [2.05, 4.69) is 5.32 Å². The Morgan fingerprint density at radius 3 is 2.81 bits per heavy atom. The smallest absolute Gasteiger partial charge is 0.132 e. The highest BCUT2D eigenvalue weighted by atomic mass is 19.1. The summed E-state index contributed by atoms with van der Waals surface area (Å²) in [5.41, 5.74) is 0.756. The van der Waals surface area contributed by atoms with Gasteiger partial charge in [0.15, 0.2) is 0 Å². The molecule has 16 heavy (non-hydrogen) atoms. The van der Waals surface area contributed by atoms with E-state index < -0.39 is 5.82 Å². The second-order valence-electron chi connectivity index (χ2n) is 4.50. The fourth-order valence-electron chi connectivity index (χ4n) is 2.24. The van der Waals surface area contributed by atoms with Gasteiger partial charge in [-0.05, 0) is 44.4 Å². The minimum atomic E-state index is -0.460. The first-order valence-corrected chi connectivity index (χ1v) is 5.85. The molecule has 1 unspecified atom stereocenters. The first kappa shape index (κ1) is 11.5. The predicted octanol–water partition coefficient (Wildman–Crippen LogP) is 2.96. The highest BCUT2D eigenvalue weighted by Crippen LogP contribution is 2.19. The van der Waals surface area contributed by atoms with Gasteiger partial charge < -0.3 is 5.32 Å². The Labute approximate surface area is 94.9 Å². The van der Waals surface area contributed by atoms with E-state index in [4.69, 9.17) is 0 Å². The number of nitrogens with one attached hydrogen (secondary N) is 1. The van der Waals surface area contributed by atoms with Crippen LogP contribution in [0.3, 0.4) is 0 Å². The first-order chi connectivity index (χ1) is 7.68. The summed E-state index contributed by atoms with van der Waals surface area (Å²) in [6.45, 7) is 2.49. The van der Waals surface area contributed by atoms with Crippen molar-refractivity contribution in [1.29, 1.82) is 0 Å². The van der Waals surface area contributed by atoms with Gasteiger partial charge >= 0.3 is 0 Å². The molecule has 0 amide bonds. The molecule has 0 spiro atoms. The Hall–Kier alpha value is -0.960. The van der Waals surface area contributed by atoms with Gasteiger partial charge in [-0.3, -0.25) is 0 Å². The summed E-state index contributed by atoms with van der Waals surface area (Å²) in [4.78, 5) is 0. The van der Waals surface area contributed by atoms with Crippen LogP contribution in [0.15, 0.2) is 12.1 Å². The fraction of sp³-hybridized carbons (Fsp3) is 0.538. The van der Waals surface area contributed by atoms with Gasteiger partial charge in [0, 0.05) is 11.6 Å². The van der Waals surface area contributed by atoms with Crippen molar-refractivity contribution in [1.82, 2.24) is 5.32 Å². The zero-order chi connectivity index (χ0) is 11.5. The van der Waals surface area contributed by atoms with Crippen LogP contribution >= 0.6 is 0 Å². The zero-order valence-electron chi connectivity index (χ0n) is 9.52. The largest absolute Gasteiger partial charge is 0.314 e. The Balaban J connectivity index is 2.11. The summed E-state index contributed by atoms with van der Waals surface area (Å²) in [6, 6.07) is 3.26. The van der Waals surface area contributed by atoms with E-state index in [0.29, 0.717) is 18.0 Å². The van der Waals surface area contributed by atoms with E-state index in [1.807, 2.05) is 0 Å². The minimum absolute atomic E-state index is 0.133. The monoisotopic (exact) mass is 225 g/mol. The maximum atomic E-state index is 13.7. The molecule has 0 radical (unpaired) electrons. The number of benzene rings is 1. The average molecular weight is 225 g/mol. The summed E-state index contributed by atoms with van der Waals surface area (Å²) in [6.07, 6.45) is 4.13. The molecular weight excluding hydrogens is 208 g/mol. The van der Waals surface area contributed by atoms with E-state index in [9.17, 15) is 8.78 Å². The molecule has 3 heteroatoms. The van der Waals surface area contributed by atoms with E-state index in [0.717, 1.165) is 13.0 Å². The van der Waals surface area contributed by atoms with Gasteiger partial charge in [0.1, 0.15) is 11.6 Å². The van der Waals surface area contributed by atoms with Crippen LogP contribution in [0.4, 0.5) is 8.78 Å². The lowest BCUT2D eigenvalue weighted by molar-refractivity contribution is 0.394. The van der Waals surface area contributed by atoms with Crippen molar-refractivity contribution in [3.8, 4) is 0 Å². The van der Waals surface area contributed by atoms with Crippen molar-refractivity contribution >= 4 is 0 Å². The molecule has 0 aromatic heterocycles. The van der Waals surface area contributed by atoms with Gasteiger partial charge in [-0.15, -0.1) is 0 Å². The van der Waals surface area contributed by atoms with Crippen LogP contribution in [0.2, 0.25) is 0 Å². The van der Waals surface area contributed by atoms with Crippen molar-refractivity contribution in [3.63, 3.8) is 0 Å². The zero-order valence-corrected chi connectivity index (χ0v) is 9.52. The number of rotatable bonds is 2. The van der Waals surface area contributed by atoms with E-state index in [-0.39, 0.29) is 11.4 Å². The third-order valence-electron chi connectivity index (χ3n) is 3.28. The van der Waals surface area contributed by atoms with Crippen LogP contribution in [-0.4, -0.2) is 12.6 Å². The van der Waals surface area contributed by atoms with Gasteiger partial charge in [0.2, 0.25) is 0 Å². The molecule has 0 aliphatic carbocycles. The van der Waals surface area contributed by atoms with Gasteiger partial charge in [0.05, 0.1) is 0 Å². The molecule has 1 aliphatic rings. The van der Waals surface area contributed by atoms with Crippen molar-refractivity contribution in [2.24, 2.45) is 0 Å². The quantitative estimate of drug-likeness (QED) is 0.816. The highest BCUT2D eigenvalue weighted by Gasteiger charge is 2.16. The summed E-state index contributed by atoms with van der Waals surface area (Å²) in [5.74, 6) is -0.842. The maximum absolute atomic E-state index is 13.7. The average Bonchev–Trinajstić information content (AvgIpc) is 2.31. The number of hydrogen-bond donors (Lipinski definition) is 1. The van der Waals surface area contributed by atoms with Gasteiger partial charge in [-0.1, -0.05) is 12.5 Å². The fourth-order valence-corrected chi connectivity index (χ4v) is 2.24. The van der Waals surface area contributed by atoms with Crippen LogP contribution in [0.1, 0.15) is 30.4 Å². The molecule has 0 saturated carbocycles. The summed E-state index contributed by atoms with van der Waals surface area (Å²) >= 11 is 0. The second-order valence-corrected chi connectivity index (χ2v) is 4.50. The third-order valence-corrected chi connectivity index (χ3v) is 3.28. The molecule has 2 rings (SSSR count). The third kappa shape index (κ3) is 2.40. The number of hydrogen-bond acceptors (Lipinski definition) is 1. The maximum Gasteiger partial charge on any atom is 0.132 e. The second kappa shape index (κ2) is 4.91. The SMILES string of the molecule is Cc1c(F)ccc(CC2CCCCN2)c1F. The van der Waals surface area contributed by atoms with Gasteiger partial charge in [-0.25, -0.2) is 8.78 Å². The van der Waals surface area contributed by atoms with Gasteiger partial charge in [0.25, 0.3) is 0 Å². The highest BCUT2D eigenvalue weighted by molar-refractivity contribution is 5.27. The standard InChI is InChI=1S/C13H17F2N/c1-9-12(14)6-5-10(13(9)15)8-11-4-2-3-7-16-11/h5-6,11,16H,2-4,7-8H2,1H3. The van der Waals surface area contributed by atoms with Crippen molar-refractivity contribution < 1.29 is 8.78 Å². The van der Waals surface area contributed by atoms with E-state index in [1.165, 1.54) is 25.8 Å². The topological polar surface area (TPSA) is 12.0 Å². The predicted molar refractivity (Wildman–Crippen MR) is 60.4 cm³/mol. The lowest BCUT2D eigenvalue weighted by Crippen LogP contribution is -2.35. The van der Waals surface area contributed by atoms with Crippen molar-refractivity contribution in [3.05, 3.63) is 34.9 Å². The Bertz CT molecular complexity index is 370. The van der Waals surface area contributed by atoms with Crippen LogP contribution in [-0.2, 0) is 6.42 Å². The normalized spacial score (nSPS) is 21.1. The number of halogens is 2. The molecule has 1 saturated heterocycles. The Morgan fingerprint density at radius 2 is 2.12 bits per heavy atom. The van der Waals surface area contributed by atoms with Crippen molar-refractivity contribution in [2.75, 3.05) is 6.54 Å². The molecule has 1 heterocycles. The van der Waals surface area contributed by atoms with E-state index >= 15 is 0 Å².